The van der Waals surface area contributed by atoms with Crippen LogP contribution in [0.2, 0.25) is 0 Å². The number of nitrogens with two attached hydrogens (primary N) is 1. The smallest absolute Gasteiger partial charge is 0.177 e. The summed E-state index contributed by atoms with van der Waals surface area (Å²) in [7, 11) is 0. The van der Waals surface area contributed by atoms with E-state index in [0.29, 0.717) is 5.69 Å². The molecule has 0 aromatic carbocycles. The lowest BCUT2D eigenvalue weighted by Gasteiger charge is -2.21. The lowest BCUT2D eigenvalue weighted by molar-refractivity contribution is 1.03. The monoisotopic (exact) mass is 389 g/mol. The molecule has 1 aliphatic rings. The highest BCUT2D eigenvalue weighted by Gasteiger charge is 2.32. The number of aliphatic imine (C=N–C) groups is 1. The van der Waals surface area contributed by atoms with Crippen LogP contribution in [-0.2, 0) is 0 Å². The Kier molecular flexibility index (Phi) is 4.70. The Morgan fingerprint density at radius 3 is 1.87 bits per heavy atom. The number of allylic oxidation sites excluding steroid dienone is 3. The van der Waals surface area contributed by atoms with Gasteiger partial charge in [0.1, 0.15) is 64.5 Å². The van der Waals surface area contributed by atoms with Crippen LogP contribution in [0, 0.1) is 63.6 Å². The number of hydrogen-bond acceptors (Lipinski definition) is 11. The maximum absolute atomic E-state index is 9.31. The van der Waals surface area contributed by atoms with Crippen LogP contribution in [0.25, 0.3) is 17.0 Å². The van der Waals surface area contributed by atoms with E-state index >= 15 is 0 Å². The maximum atomic E-state index is 9.31. The van der Waals surface area contributed by atoms with Gasteiger partial charge in [-0.3, -0.25) is 0 Å². The first-order chi connectivity index (χ1) is 14.4. The molecule has 138 valence electrons. The van der Waals surface area contributed by atoms with Gasteiger partial charge in [0.15, 0.2) is 22.8 Å². The Morgan fingerprint density at radius 1 is 0.800 bits per heavy atom. The van der Waals surface area contributed by atoms with Gasteiger partial charge in [-0.25, -0.2) is 24.9 Å². The van der Waals surface area contributed by atoms with E-state index in [1.54, 1.807) is 31.2 Å². The predicted octanol–water partition coefficient (Wildman–Crippen LogP) is 0.890. The summed E-state index contributed by atoms with van der Waals surface area (Å²) in [5.41, 5.74) is 5.01. The molecule has 0 saturated heterocycles. The third-order valence-corrected chi connectivity index (χ3v) is 4.01. The molecule has 0 aliphatic heterocycles. The van der Waals surface area contributed by atoms with Gasteiger partial charge >= 0.3 is 0 Å². The van der Waals surface area contributed by atoms with Crippen LogP contribution in [0.4, 0.5) is 0 Å². The Balaban J connectivity index is 2.49. The van der Waals surface area contributed by atoms with Crippen LogP contribution >= 0.6 is 0 Å². The fourth-order valence-corrected chi connectivity index (χ4v) is 2.61. The van der Waals surface area contributed by atoms with Gasteiger partial charge in [0.25, 0.3) is 0 Å². The Hall–Kier alpha value is -5.44. The van der Waals surface area contributed by atoms with E-state index in [4.69, 9.17) is 11.0 Å². The highest BCUT2D eigenvalue weighted by atomic mass is 15.0. The van der Waals surface area contributed by atoms with E-state index in [-0.39, 0.29) is 51.1 Å². The fraction of sp³-hybridized carbons (Fsp3) is 0.0526. The molecule has 2 N–H and O–H groups in total. The standard InChI is InChI=1S/C19H7N11/c1-8-15-17(26-9(2)11(4-21)27-15)19-18(29-13(6-23)14(7-24)30-19)16(8)28-12(5-22)10(25)3-20/h1,25H2,2H3/b12-10-,28-16+. The lowest BCUT2D eigenvalue weighted by Crippen LogP contribution is -2.21. The molecule has 0 radical (unpaired) electrons. The number of nitrogens with zero attached hydrogens (tertiary/aromatic N) is 10. The minimum atomic E-state index is -0.444. The first-order valence-electron chi connectivity index (χ1n) is 8.00. The second kappa shape index (κ2) is 7.29. The number of aromatic nitrogens is 4. The molecule has 2 aromatic heterocycles. The number of rotatable bonds is 1. The van der Waals surface area contributed by atoms with Gasteiger partial charge in [0.2, 0.25) is 0 Å². The van der Waals surface area contributed by atoms with Gasteiger partial charge in [0, 0.05) is 5.57 Å². The van der Waals surface area contributed by atoms with Crippen LogP contribution in [0.3, 0.4) is 0 Å². The van der Waals surface area contributed by atoms with Crippen molar-refractivity contribution in [1.82, 2.24) is 19.9 Å². The molecule has 0 bridgehead atoms. The second-order valence-corrected chi connectivity index (χ2v) is 5.73. The van der Waals surface area contributed by atoms with Gasteiger partial charge in [-0.15, -0.1) is 0 Å². The molecule has 1 aliphatic carbocycles. The molecule has 11 heteroatoms. The average molecular weight is 389 g/mol. The quantitative estimate of drug-likeness (QED) is 0.680. The van der Waals surface area contributed by atoms with E-state index in [2.05, 4.69) is 31.5 Å². The topological polar surface area (TPSA) is 209 Å². The summed E-state index contributed by atoms with van der Waals surface area (Å²) in [5, 5.41) is 46.2. The van der Waals surface area contributed by atoms with Gasteiger partial charge in [-0.1, -0.05) is 6.58 Å². The van der Waals surface area contributed by atoms with Gasteiger partial charge in [-0.05, 0) is 6.92 Å². The molecule has 0 saturated carbocycles. The van der Waals surface area contributed by atoms with Crippen molar-refractivity contribution in [3.05, 3.63) is 52.1 Å². The first kappa shape index (κ1) is 19.3. The van der Waals surface area contributed by atoms with E-state index in [9.17, 15) is 21.0 Å². The van der Waals surface area contributed by atoms with E-state index < -0.39 is 11.4 Å². The van der Waals surface area contributed by atoms with Crippen molar-refractivity contribution in [2.75, 3.05) is 0 Å². The second-order valence-electron chi connectivity index (χ2n) is 5.73. The number of fused-ring (bicyclic) bond motifs is 3. The summed E-state index contributed by atoms with van der Waals surface area (Å²) in [6, 6.07) is 8.81. The van der Waals surface area contributed by atoms with E-state index in [1.807, 2.05) is 6.07 Å². The van der Waals surface area contributed by atoms with Crippen LogP contribution in [-0.4, -0.2) is 25.6 Å². The van der Waals surface area contributed by atoms with Crippen molar-refractivity contribution in [3.63, 3.8) is 0 Å². The number of nitriles is 5. The van der Waals surface area contributed by atoms with Crippen molar-refractivity contribution in [2.24, 2.45) is 10.7 Å². The zero-order chi connectivity index (χ0) is 22.0. The SMILES string of the molecule is C=C1/C(=N\C(C#N)=C(/N)C#N)c2nc(C#N)c(C#N)nc2-c2nc(C)c(C#N)nc21. The van der Waals surface area contributed by atoms with Gasteiger partial charge in [-0.2, -0.15) is 26.3 Å². The van der Waals surface area contributed by atoms with Crippen molar-refractivity contribution in [1.29, 1.82) is 26.3 Å². The van der Waals surface area contributed by atoms with Crippen molar-refractivity contribution < 1.29 is 0 Å². The summed E-state index contributed by atoms with van der Waals surface area (Å²) < 4.78 is 0. The van der Waals surface area contributed by atoms with Crippen molar-refractivity contribution in [3.8, 4) is 41.7 Å². The average Bonchev–Trinajstić information content (AvgIpc) is 2.77. The molecule has 2 heterocycles. The minimum Gasteiger partial charge on any atom is -0.388 e. The van der Waals surface area contributed by atoms with Crippen LogP contribution in [0.1, 0.15) is 34.2 Å². The Labute approximate surface area is 169 Å². The molecule has 3 rings (SSSR count). The predicted molar refractivity (Wildman–Crippen MR) is 100.0 cm³/mol. The summed E-state index contributed by atoms with van der Waals surface area (Å²) >= 11 is 0. The molecule has 30 heavy (non-hydrogen) atoms. The Morgan fingerprint density at radius 2 is 1.33 bits per heavy atom. The van der Waals surface area contributed by atoms with E-state index in [0.717, 1.165) is 0 Å². The summed E-state index contributed by atoms with van der Waals surface area (Å²) in [6.07, 6.45) is 0. The molecule has 0 fully saturated rings. The minimum absolute atomic E-state index is 0.0138. The van der Waals surface area contributed by atoms with Crippen LogP contribution in [0.5, 0.6) is 0 Å². The largest absolute Gasteiger partial charge is 0.388 e. The fourth-order valence-electron chi connectivity index (χ4n) is 2.61. The highest BCUT2D eigenvalue weighted by molar-refractivity contribution is 6.35. The molecular formula is C19H7N11. The Bertz CT molecular complexity index is 1420. The molecule has 0 atom stereocenters. The highest BCUT2D eigenvalue weighted by Crippen LogP contribution is 2.36. The van der Waals surface area contributed by atoms with Crippen molar-refractivity contribution in [2.45, 2.75) is 6.92 Å². The third-order valence-electron chi connectivity index (χ3n) is 4.01. The summed E-state index contributed by atoms with van der Waals surface area (Å²) in [6.45, 7) is 5.47. The zero-order valence-corrected chi connectivity index (χ0v) is 15.3. The number of aryl methyl sites for hydroxylation is 1. The summed E-state index contributed by atoms with van der Waals surface area (Å²) in [4.78, 5) is 21.0. The van der Waals surface area contributed by atoms with E-state index in [1.165, 1.54) is 0 Å². The number of hydrogen-bond donors (Lipinski definition) is 1. The van der Waals surface area contributed by atoms with Crippen LogP contribution < -0.4 is 5.73 Å². The molecule has 0 amide bonds. The molecule has 2 aromatic rings. The molecule has 11 nitrogen and oxygen atoms in total. The van der Waals surface area contributed by atoms with Gasteiger partial charge in [0.05, 0.1) is 5.69 Å². The zero-order valence-electron chi connectivity index (χ0n) is 15.3. The normalized spacial score (nSPS) is 13.5. The van der Waals surface area contributed by atoms with Crippen molar-refractivity contribution >= 4 is 11.3 Å². The third kappa shape index (κ3) is 2.86. The molecular weight excluding hydrogens is 382 g/mol. The van der Waals surface area contributed by atoms with Gasteiger partial charge < -0.3 is 5.73 Å². The first-order valence-corrected chi connectivity index (χ1v) is 8.00. The molecule has 0 spiro atoms. The molecule has 0 unspecified atom stereocenters. The summed E-state index contributed by atoms with van der Waals surface area (Å²) in [5.74, 6) is 0. The van der Waals surface area contributed by atoms with Crippen LogP contribution in [0.15, 0.2) is 23.0 Å². The lowest BCUT2D eigenvalue weighted by atomic mass is 9.93. The maximum Gasteiger partial charge on any atom is 0.177 e.